The molecule has 3 nitrogen and oxygen atoms in total. The van der Waals surface area contributed by atoms with E-state index in [4.69, 9.17) is 4.74 Å². The van der Waals surface area contributed by atoms with Crippen LogP contribution in [-0.4, -0.2) is 12.6 Å². The largest absolute Gasteiger partial charge is 0.412 e. The Morgan fingerprint density at radius 2 is 1.69 bits per heavy atom. The molecule has 26 heavy (non-hydrogen) atoms. The zero-order valence-electron chi connectivity index (χ0n) is 16.0. The van der Waals surface area contributed by atoms with Crippen LogP contribution in [0.25, 0.3) is 0 Å². The van der Waals surface area contributed by atoms with Crippen molar-refractivity contribution in [1.82, 2.24) is 5.32 Å². The summed E-state index contributed by atoms with van der Waals surface area (Å²) in [5.74, 6) is 1.47. The SMILES string of the molecule is CC(C)(C)CCCCNC(=O)Oc1ccc(CSc2ccccc2)cc1. The third-order valence-corrected chi connectivity index (χ3v) is 4.99. The smallest absolute Gasteiger partial charge is 0.410 e. The van der Waals surface area contributed by atoms with E-state index in [0.29, 0.717) is 17.7 Å². The summed E-state index contributed by atoms with van der Waals surface area (Å²) in [7, 11) is 0. The van der Waals surface area contributed by atoms with Gasteiger partial charge in [0.2, 0.25) is 0 Å². The van der Waals surface area contributed by atoms with Gasteiger partial charge in [-0.25, -0.2) is 4.79 Å². The number of ether oxygens (including phenoxy) is 1. The highest BCUT2D eigenvalue weighted by Gasteiger charge is 2.09. The van der Waals surface area contributed by atoms with Crippen LogP contribution in [0, 0.1) is 5.41 Å². The van der Waals surface area contributed by atoms with Gasteiger partial charge >= 0.3 is 6.09 Å². The first-order chi connectivity index (χ1) is 12.4. The van der Waals surface area contributed by atoms with Crippen LogP contribution in [0.5, 0.6) is 5.75 Å². The van der Waals surface area contributed by atoms with Gasteiger partial charge < -0.3 is 10.1 Å². The predicted molar refractivity (Wildman–Crippen MR) is 110 cm³/mol. The van der Waals surface area contributed by atoms with E-state index in [1.165, 1.54) is 10.5 Å². The summed E-state index contributed by atoms with van der Waals surface area (Å²) in [6.07, 6.45) is 2.86. The number of hydrogen-bond donors (Lipinski definition) is 1. The summed E-state index contributed by atoms with van der Waals surface area (Å²) >= 11 is 1.79. The van der Waals surface area contributed by atoms with Crippen LogP contribution in [0.4, 0.5) is 4.79 Å². The molecule has 0 aliphatic rings. The van der Waals surface area contributed by atoms with Gasteiger partial charge in [0.05, 0.1) is 0 Å². The molecule has 0 unspecified atom stereocenters. The molecule has 4 heteroatoms. The van der Waals surface area contributed by atoms with E-state index in [2.05, 4.69) is 38.2 Å². The number of carbonyl (C=O) groups excluding carboxylic acids is 1. The van der Waals surface area contributed by atoms with Gasteiger partial charge in [-0.2, -0.15) is 0 Å². The molecule has 1 amide bonds. The first kappa shape index (κ1) is 20.4. The Morgan fingerprint density at radius 1 is 1.00 bits per heavy atom. The molecule has 0 aromatic heterocycles. The summed E-state index contributed by atoms with van der Waals surface area (Å²) in [4.78, 5) is 13.1. The molecule has 1 N–H and O–H groups in total. The summed E-state index contributed by atoms with van der Waals surface area (Å²) in [6.45, 7) is 7.35. The molecule has 0 atom stereocenters. The fraction of sp³-hybridized carbons (Fsp3) is 0.409. The van der Waals surface area contributed by atoms with Crippen molar-refractivity contribution < 1.29 is 9.53 Å². The second-order valence-corrected chi connectivity index (χ2v) is 8.63. The Labute approximate surface area is 161 Å². The minimum atomic E-state index is -0.382. The zero-order valence-corrected chi connectivity index (χ0v) is 16.8. The topological polar surface area (TPSA) is 38.3 Å². The predicted octanol–water partition coefficient (Wildman–Crippen LogP) is 6.28. The average molecular weight is 372 g/mol. The molecule has 140 valence electrons. The summed E-state index contributed by atoms with van der Waals surface area (Å²) in [5, 5.41) is 2.81. The van der Waals surface area contributed by atoms with Crippen molar-refractivity contribution in [3.05, 3.63) is 60.2 Å². The Hall–Kier alpha value is -1.94. The van der Waals surface area contributed by atoms with E-state index in [9.17, 15) is 4.79 Å². The van der Waals surface area contributed by atoms with Crippen molar-refractivity contribution >= 4 is 17.9 Å². The van der Waals surface area contributed by atoms with E-state index in [1.54, 1.807) is 11.8 Å². The highest BCUT2D eigenvalue weighted by atomic mass is 32.2. The molecule has 0 heterocycles. The zero-order chi connectivity index (χ0) is 18.8. The van der Waals surface area contributed by atoms with E-state index < -0.39 is 0 Å². The highest BCUT2D eigenvalue weighted by Crippen LogP contribution is 2.23. The molecule has 0 saturated heterocycles. The van der Waals surface area contributed by atoms with Gasteiger partial charge in [-0.15, -0.1) is 11.8 Å². The fourth-order valence-corrected chi connectivity index (χ4v) is 3.33. The van der Waals surface area contributed by atoms with Crippen LogP contribution in [0.3, 0.4) is 0 Å². The molecule has 0 saturated carbocycles. The van der Waals surface area contributed by atoms with Crippen LogP contribution >= 0.6 is 11.8 Å². The molecule has 2 rings (SSSR count). The van der Waals surface area contributed by atoms with Crippen LogP contribution in [0.2, 0.25) is 0 Å². The number of unbranched alkanes of at least 4 members (excludes halogenated alkanes) is 1. The van der Waals surface area contributed by atoms with Gasteiger partial charge in [-0.05, 0) is 48.1 Å². The third kappa shape index (κ3) is 8.43. The number of amides is 1. The van der Waals surface area contributed by atoms with Crippen molar-refractivity contribution in [2.75, 3.05) is 6.54 Å². The molecule has 0 fully saturated rings. The van der Waals surface area contributed by atoms with Crippen LogP contribution in [0.15, 0.2) is 59.5 Å². The highest BCUT2D eigenvalue weighted by molar-refractivity contribution is 7.98. The number of nitrogens with one attached hydrogen (secondary N) is 1. The second kappa shape index (κ2) is 10.3. The van der Waals surface area contributed by atoms with E-state index >= 15 is 0 Å². The molecule has 0 aliphatic carbocycles. The maximum atomic E-state index is 11.8. The number of benzene rings is 2. The lowest BCUT2D eigenvalue weighted by atomic mass is 9.90. The van der Waals surface area contributed by atoms with Crippen LogP contribution < -0.4 is 10.1 Å². The van der Waals surface area contributed by atoms with Gasteiger partial charge in [0.25, 0.3) is 0 Å². The molecule has 0 bridgehead atoms. The normalized spacial score (nSPS) is 11.2. The first-order valence-corrected chi connectivity index (χ1v) is 10.1. The van der Waals surface area contributed by atoms with E-state index in [1.807, 2.05) is 42.5 Å². The lowest BCUT2D eigenvalue weighted by Crippen LogP contribution is -2.27. The van der Waals surface area contributed by atoms with Gasteiger partial charge in [-0.1, -0.05) is 57.5 Å². The first-order valence-electron chi connectivity index (χ1n) is 9.15. The molecule has 0 spiro atoms. The molecular weight excluding hydrogens is 342 g/mol. The monoisotopic (exact) mass is 371 g/mol. The van der Waals surface area contributed by atoms with Gasteiger partial charge in [0.1, 0.15) is 5.75 Å². The van der Waals surface area contributed by atoms with Crippen molar-refractivity contribution in [2.45, 2.75) is 50.7 Å². The minimum Gasteiger partial charge on any atom is -0.410 e. The van der Waals surface area contributed by atoms with Crippen molar-refractivity contribution in [1.29, 1.82) is 0 Å². The molecule has 0 radical (unpaired) electrons. The number of hydrogen-bond acceptors (Lipinski definition) is 3. The summed E-state index contributed by atoms with van der Waals surface area (Å²) in [6, 6.07) is 18.0. The quantitative estimate of drug-likeness (QED) is 0.438. The van der Waals surface area contributed by atoms with Gasteiger partial charge in [0, 0.05) is 17.2 Å². The Morgan fingerprint density at radius 3 is 2.35 bits per heavy atom. The summed E-state index contributed by atoms with van der Waals surface area (Å²) in [5.41, 5.74) is 1.55. The van der Waals surface area contributed by atoms with E-state index in [-0.39, 0.29) is 6.09 Å². The second-order valence-electron chi connectivity index (χ2n) is 7.58. The number of thioether (sulfide) groups is 1. The van der Waals surface area contributed by atoms with Crippen molar-refractivity contribution in [3.63, 3.8) is 0 Å². The Bertz CT molecular complexity index is 663. The maximum absolute atomic E-state index is 11.8. The lowest BCUT2D eigenvalue weighted by Gasteiger charge is -2.17. The third-order valence-electron chi connectivity index (χ3n) is 3.91. The van der Waals surface area contributed by atoms with Gasteiger partial charge in [-0.3, -0.25) is 0 Å². The minimum absolute atomic E-state index is 0.348. The van der Waals surface area contributed by atoms with Crippen molar-refractivity contribution in [3.8, 4) is 5.75 Å². The van der Waals surface area contributed by atoms with Crippen molar-refractivity contribution in [2.24, 2.45) is 5.41 Å². The molecule has 0 aliphatic heterocycles. The Kier molecular flexibility index (Phi) is 8.05. The lowest BCUT2D eigenvalue weighted by molar-refractivity contribution is 0.200. The maximum Gasteiger partial charge on any atom is 0.412 e. The molecule has 2 aromatic carbocycles. The van der Waals surface area contributed by atoms with Crippen LogP contribution in [-0.2, 0) is 5.75 Å². The number of carbonyl (C=O) groups is 1. The summed E-state index contributed by atoms with van der Waals surface area (Å²) < 4.78 is 5.32. The number of rotatable bonds is 8. The van der Waals surface area contributed by atoms with Gasteiger partial charge in [0.15, 0.2) is 0 Å². The van der Waals surface area contributed by atoms with E-state index in [0.717, 1.165) is 25.0 Å². The molecule has 2 aromatic rings. The fourth-order valence-electron chi connectivity index (χ4n) is 2.45. The Balaban J connectivity index is 1.67. The van der Waals surface area contributed by atoms with Crippen LogP contribution in [0.1, 0.15) is 45.6 Å². The average Bonchev–Trinajstić information content (AvgIpc) is 2.61. The molecular formula is C22H29NO2S. The standard InChI is InChI=1S/C22H29NO2S/c1-22(2,3)15-7-8-16-23-21(24)25-19-13-11-18(12-14-19)17-26-20-9-5-4-6-10-20/h4-6,9-14H,7-8,15-17H2,1-3H3,(H,23,24).